The minimum Gasteiger partial charge on any atom is -0.469 e. The van der Waals surface area contributed by atoms with Gasteiger partial charge >= 0.3 is 0 Å². The standard InChI is InChI=1S/C13H15N5OS/c1-9-10(4-7-19-9)12-15-16-13(18(12)3)20-8-11-14-5-6-17(11)2/h4-7H,8H2,1-3H3. The highest BCUT2D eigenvalue weighted by Crippen LogP contribution is 2.26. The van der Waals surface area contributed by atoms with Crippen LogP contribution in [0.4, 0.5) is 0 Å². The molecule has 0 aliphatic carbocycles. The molecule has 3 rings (SSSR count). The van der Waals surface area contributed by atoms with Crippen LogP contribution in [0.2, 0.25) is 0 Å². The number of nitrogens with zero attached hydrogens (tertiary/aromatic N) is 5. The van der Waals surface area contributed by atoms with Crippen molar-refractivity contribution in [3.8, 4) is 11.4 Å². The molecule has 3 heterocycles. The molecule has 3 aromatic rings. The van der Waals surface area contributed by atoms with Gasteiger partial charge in [0.15, 0.2) is 11.0 Å². The maximum absolute atomic E-state index is 5.32. The third-order valence-electron chi connectivity index (χ3n) is 3.19. The van der Waals surface area contributed by atoms with E-state index in [1.165, 1.54) is 0 Å². The van der Waals surface area contributed by atoms with Crippen LogP contribution >= 0.6 is 11.8 Å². The zero-order valence-electron chi connectivity index (χ0n) is 11.6. The predicted molar refractivity (Wildman–Crippen MR) is 76.2 cm³/mol. The summed E-state index contributed by atoms with van der Waals surface area (Å²) in [6, 6.07) is 1.91. The first-order chi connectivity index (χ1) is 9.66. The number of aryl methyl sites for hydroxylation is 2. The fourth-order valence-corrected chi connectivity index (χ4v) is 2.87. The van der Waals surface area contributed by atoms with Crippen LogP contribution in [0.25, 0.3) is 11.4 Å². The van der Waals surface area contributed by atoms with Gasteiger partial charge in [0, 0.05) is 26.5 Å². The van der Waals surface area contributed by atoms with Gasteiger partial charge in [0.25, 0.3) is 0 Å². The molecule has 0 saturated carbocycles. The van der Waals surface area contributed by atoms with Gasteiger partial charge in [-0.15, -0.1) is 10.2 Å². The van der Waals surface area contributed by atoms with E-state index in [1.54, 1.807) is 24.2 Å². The summed E-state index contributed by atoms with van der Waals surface area (Å²) in [4.78, 5) is 4.30. The molecule has 0 amide bonds. The van der Waals surface area contributed by atoms with Gasteiger partial charge in [0.2, 0.25) is 0 Å². The average Bonchev–Trinajstić information content (AvgIpc) is 3.10. The number of hydrogen-bond donors (Lipinski definition) is 0. The van der Waals surface area contributed by atoms with Gasteiger partial charge < -0.3 is 13.6 Å². The van der Waals surface area contributed by atoms with Crippen molar-refractivity contribution in [3.63, 3.8) is 0 Å². The number of furan rings is 1. The second-order valence-electron chi connectivity index (χ2n) is 4.50. The third kappa shape index (κ3) is 2.24. The normalized spacial score (nSPS) is 11.2. The Bertz CT molecular complexity index is 727. The first kappa shape index (κ1) is 13.0. The van der Waals surface area contributed by atoms with Gasteiger partial charge in [-0.3, -0.25) is 0 Å². The van der Waals surface area contributed by atoms with Gasteiger partial charge in [-0.2, -0.15) is 0 Å². The number of imidazole rings is 1. The molecule has 104 valence electrons. The topological polar surface area (TPSA) is 61.7 Å². The first-order valence-electron chi connectivity index (χ1n) is 6.19. The highest BCUT2D eigenvalue weighted by molar-refractivity contribution is 7.98. The molecule has 6 nitrogen and oxygen atoms in total. The Balaban J connectivity index is 1.81. The Morgan fingerprint density at radius 2 is 2.15 bits per heavy atom. The van der Waals surface area contributed by atoms with E-state index in [9.17, 15) is 0 Å². The number of rotatable bonds is 4. The summed E-state index contributed by atoms with van der Waals surface area (Å²) in [6.45, 7) is 1.92. The Hall–Kier alpha value is -2.02. The van der Waals surface area contributed by atoms with Crippen LogP contribution in [-0.4, -0.2) is 24.3 Å². The molecule has 0 N–H and O–H groups in total. The van der Waals surface area contributed by atoms with E-state index in [0.717, 1.165) is 33.9 Å². The highest BCUT2D eigenvalue weighted by atomic mass is 32.2. The molecule has 20 heavy (non-hydrogen) atoms. The molecule has 0 unspecified atom stereocenters. The lowest BCUT2D eigenvalue weighted by Crippen LogP contribution is -1.98. The Labute approximate surface area is 120 Å². The lowest BCUT2D eigenvalue weighted by molar-refractivity contribution is 0.534. The van der Waals surface area contributed by atoms with Gasteiger partial charge in [0.05, 0.1) is 17.6 Å². The van der Waals surface area contributed by atoms with E-state index in [2.05, 4.69) is 15.2 Å². The first-order valence-corrected chi connectivity index (χ1v) is 7.18. The van der Waals surface area contributed by atoms with E-state index >= 15 is 0 Å². The van der Waals surface area contributed by atoms with Crippen LogP contribution in [-0.2, 0) is 19.8 Å². The van der Waals surface area contributed by atoms with Gasteiger partial charge in [-0.25, -0.2) is 4.98 Å². The minimum atomic E-state index is 0.764. The Morgan fingerprint density at radius 1 is 1.30 bits per heavy atom. The van der Waals surface area contributed by atoms with Crippen molar-refractivity contribution in [2.24, 2.45) is 14.1 Å². The summed E-state index contributed by atoms with van der Waals surface area (Å²) in [5.74, 6) is 3.44. The van der Waals surface area contributed by atoms with E-state index < -0.39 is 0 Å². The van der Waals surface area contributed by atoms with Crippen LogP contribution in [0.1, 0.15) is 11.6 Å². The molecule has 0 saturated heterocycles. The van der Waals surface area contributed by atoms with Crippen LogP contribution in [0.3, 0.4) is 0 Å². The summed E-state index contributed by atoms with van der Waals surface area (Å²) in [6.07, 6.45) is 5.40. The lowest BCUT2D eigenvalue weighted by Gasteiger charge is -2.03. The minimum absolute atomic E-state index is 0.764. The molecule has 0 aromatic carbocycles. The van der Waals surface area contributed by atoms with Gasteiger partial charge in [0.1, 0.15) is 11.6 Å². The maximum Gasteiger partial charge on any atom is 0.191 e. The van der Waals surface area contributed by atoms with E-state index in [0.29, 0.717) is 0 Å². The molecule has 3 aromatic heterocycles. The molecule has 0 aliphatic rings. The SMILES string of the molecule is Cc1occc1-c1nnc(SCc2nccn2C)n1C. The molecule has 0 aliphatic heterocycles. The van der Waals surface area contributed by atoms with Gasteiger partial charge in [-0.1, -0.05) is 11.8 Å². The summed E-state index contributed by atoms with van der Waals surface area (Å²) in [7, 11) is 3.95. The molecule has 0 atom stereocenters. The van der Waals surface area contributed by atoms with E-state index in [1.807, 2.05) is 42.4 Å². The Morgan fingerprint density at radius 3 is 2.80 bits per heavy atom. The van der Waals surface area contributed by atoms with Crippen molar-refractivity contribution in [2.75, 3.05) is 0 Å². The van der Waals surface area contributed by atoms with Crippen molar-refractivity contribution in [3.05, 3.63) is 36.3 Å². The van der Waals surface area contributed by atoms with Crippen LogP contribution in [0.15, 0.2) is 34.3 Å². The number of thioether (sulfide) groups is 1. The zero-order chi connectivity index (χ0) is 14.1. The number of hydrogen-bond acceptors (Lipinski definition) is 5. The van der Waals surface area contributed by atoms with Crippen molar-refractivity contribution < 1.29 is 4.42 Å². The predicted octanol–water partition coefficient (Wildman–Crippen LogP) is 2.41. The maximum atomic E-state index is 5.32. The summed E-state index contributed by atoms with van der Waals surface area (Å²) < 4.78 is 9.30. The summed E-state index contributed by atoms with van der Waals surface area (Å²) in [5, 5.41) is 9.35. The smallest absolute Gasteiger partial charge is 0.191 e. The fraction of sp³-hybridized carbons (Fsp3) is 0.308. The van der Waals surface area contributed by atoms with Crippen LogP contribution < -0.4 is 0 Å². The molecule has 0 radical (unpaired) electrons. The van der Waals surface area contributed by atoms with Crippen LogP contribution in [0.5, 0.6) is 0 Å². The second-order valence-corrected chi connectivity index (χ2v) is 5.44. The quantitative estimate of drug-likeness (QED) is 0.690. The largest absolute Gasteiger partial charge is 0.469 e. The molecule has 0 fully saturated rings. The van der Waals surface area contributed by atoms with Crippen molar-refractivity contribution >= 4 is 11.8 Å². The third-order valence-corrected chi connectivity index (χ3v) is 4.20. The average molecular weight is 289 g/mol. The molecule has 7 heteroatoms. The molecular weight excluding hydrogens is 274 g/mol. The lowest BCUT2D eigenvalue weighted by atomic mass is 10.2. The van der Waals surface area contributed by atoms with E-state index in [-0.39, 0.29) is 0 Å². The van der Waals surface area contributed by atoms with Crippen molar-refractivity contribution in [1.82, 2.24) is 24.3 Å². The summed E-state index contributed by atoms with van der Waals surface area (Å²) >= 11 is 1.62. The molecular formula is C13H15N5OS. The highest BCUT2D eigenvalue weighted by Gasteiger charge is 2.15. The van der Waals surface area contributed by atoms with Crippen LogP contribution in [0, 0.1) is 6.92 Å². The van der Waals surface area contributed by atoms with Gasteiger partial charge in [-0.05, 0) is 13.0 Å². The Kier molecular flexibility index (Phi) is 3.35. The number of aromatic nitrogens is 5. The monoisotopic (exact) mass is 289 g/mol. The zero-order valence-corrected chi connectivity index (χ0v) is 12.4. The van der Waals surface area contributed by atoms with E-state index in [4.69, 9.17) is 4.42 Å². The molecule has 0 bridgehead atoms. The second kappa shape index (κ2) is 5.16. The summed E-state index contributed by atoms with van der Waals surface area (Å²) in [5.41, 5.74) is 0.976. The van der Waals surface area contributed by atoms with Crippen molar-refractivity contribution in [1.29, 1.82) is 0 Å². The fourth-order valence-electron chi connectivity index (χ4n) is 1.96. The molecule has 0 spiro atoms. The van der Waals surface area contributed by atoms with Crippen molar-refractivity contribution in [2.45, 2.75) is 17.8 Å².